The molecule has 0 aromatic carbocycles. The Bertz CT molecular complexity index is 565. The summed E-state index contributed by atoms with van der Waals surface area (Å²) in [7, 11) is -31.3. The second kappa shape index (κ2) is 19.9. The van der Waals surface area contributed by atoms with Crippen molar-refractivity contribution >= 4 is 39.1 Å². The molecule has 0 bridgehead atoms. The molecule has 0 spiro atoms. The molecule has 128 valence electrons. The Morgan fingerprint density at radius 3 is 0.962 bits per heavy atom. The van der Waals surface area contributed by atoms with E-state index < -0.39 is 39.1 Å². The van der Waals surface area contributed by atoms with E-state index >= 15 is 0 Å². The molecule has 0 aliphatic heterocycles. The first-order chi connectivity index (χ1) is 8.83. The van der Waals surface area contributed by atoms with Gasteiger partial charge in [-0.2, -0.15) is 0 Å². The topological polar surface area (TPSA) is 278 Å². The third kappa shape index (κ3) is 30.9. The molecule has 0 aromatic heterocycles. The quantitative estimate of drug-likeness (QED) is 0.191. The Morgan fingerprint density at radius 2 is 0.731 bits per heavy atom. The van der Waals surface area contributed by atoms with Crippen LogP contribution < -0.4 is 281 Å². The zero-order valence-corrected chi connectivity index (χ0v) is 33.9. The predicted molar refractivity (Wildman–Crippen MR) is 46.8 cm³/mol. The van der Waals surface area contributed by atoms with Gasteiger partial charge in [0.15, 0.2) is 0 Å². The summed E-state index contributed by atoms with van der Waals surface area (Å²) in [5, 5.41) is 0. The van der Waals surface area contributed by atoms with Crippen LogP contribution in [0.15, 0.2) is 0 Å². The van der Waals surface area contributed by atoms with E-state index in [1.165, 1.54) is 0 Å². The van der Waals surface area contributed by atoms with Gasteiger partial charge in [0.05, 0.1) is 7.82 Å². The summed E-state index contributed by atoms with van der Waals surface area (Å²) in [6, 6.07) is 0. The molecule has 0 fully saturated rings. The van der Waals surface area contributed by atoms with Crippen molar-refractivity contribution in [2.24, 2.45) is 0 Å². The van der Waals surface area contributed by atoms with Gasteiger partial charge in [0, 0.05) is 0 Å². The minimum absolute atomic E-state index is 0. The predicted octanol–water partition coefficient (Wildman–Crippen LogP) is -18.6. The molecule has 26 heavy (non-hydrogen) atoms. The molecule has 0 radical (unpaired) electrons. The van der Waals surface area contributed by atoms with Gasteiger partial charge in [-0.15, -0.1) is 0 Å². The van der Waals surface area contributed by atoms with Gasteiger partial charge in [0.2, 0.25) is 0 Å². The van der Waals surface area contributed by atoms with Gasteiger partial charge in [-0.25, -0.2) is 17.5 Å². The van der Waals surface area contributed by atoms with Crippen molar-refractivity contribution in [3.8, 4) is 0 Å². The Labute approximate surface area is 359 Å². The molecule has 0 aromatic rings. The average Bonchev–Trinajstić information content (AvgIpc) is 1.83. The number of phosphoric acid groups is 5. The standard InChI is InChI=1S/5K.H7O16P5/c;;;;;1-17(2,3)13-19(7,8)15-21(11,12)16-20(9,10)14-18(4,5)6/h;;;;;(H,7,8)(H,9,10)(H,11,12)(H2,1,2,3)(H2,4,5,6)/q5*+1;/p-5. The molecule has 0 saturated carbocycles. The van der Waals surface area contributed by atoms with Gasteiger partial charge in [-0.1, -0.05) is 0 Å². The minimum Gasteiger partial charge on any atom is -0.790 e. The third-order valence-electron chi connectivity index (χ3n) is 0.806. The van der Waals surface area contributed by atoms with Gasteiger partial charge in [0.25, 0.3) is 23.5 Å². The van der Waals surface area contributed by atoms with E-state index in [1.807, 2.05) is 0 Å². The molecule has 0 saturated heterocycles. The maximum Gasteiger partial charge on any atom is 1.00 e. The molecular weight excluding hydrogens is 606 g/mol. The maximum absolute atomic E-state index is 10.8. The van der Waals surface area contributed by atoms with E-state index in [0.29, 0.717) is 0 Å². The van der Waals surface area contributed by atoms with Crippen LogP contribution in [0, 0.1) is 0 Å². The van der Waals surface area contributed by atoms with Crippen molar-refractivity contribution in [2.75, 3.05) is 0 Å². The fourth-order valence-electron chi connectivity index (χ4n) is 0.542. The first-order valence-corrected chi connectivity index (χ1v) is 11.1. The first-order valence-electron chi connectivity index (χ1n) is 3.69. The molecule has 16 nitrogen and oxygen atoms in total. The minimum atomic E-state index is -6.50. The molecule has 0 heterocycles. The number of hydrogen-bond acceptors (Lipinski definition) is 14. The van der Waals surface area contributed by atoms with Crippen LogP contribution in [0.1, 0.15) is 0 Å². The van der Waals surface area contributed by atoms with E-state index in [2.05, 4.69) is 17.2 Å². The average molecular weight is 608 g/mol. The van der Waals surface area contributed by atoms with E-state index in [0.717, 1.165) is 0 Å². The molecule has 2 N–H and O–H groups in total. The summed E-state index contributed by atoms with van der Waals surface area (Å²) < 4.78 is 63.3. The van der Waals surface area contributed by atoms with Crippen LogP contribution in [0.2, 0.25) is 0 Å². The molecule has 0 amide bonds. The number of rotatable bonds is 8. The van der Waals surface area contributed by atoms with Crippen LogP contribution in [0.3, 0.4) is 0 Å². The van der Waals surface area contributed by atoms with Crippen molar-refractivity contribution in [3.63, 3.8) is 0 Å². The Morgan fingerprint density at radius 1 is 0.500 bits per heavy atom. The third-order valence-corrected chi connectivity index (χ3v) is 7.26. The summed E-state index contributed by atoms with van der Waals surface area (Å²) in [4.78, 5) is 68.0. The summed E-state index contributed by atoms with van der Waals surface area (Å²) in [5.74, 6) is 0. The molecule has 0 aliphatic carbocycles. The number of hydrogen-bond donors (Lipinski definition) is 2. The van der Waals surface area contributed by atoms with Crippen LogP contribution in [0.25, 0.3) is 0 Å². The smallest absolute Gasteiger partial charge is 0.790 e. The van der Waals surface area contributed by atoms with Gasteiger partial charge < -0.3 is 38.8 Å². The fraction of sp³-hybridized carbons (Fsp3) is 0. The second-order valence-electron chi connectivity index (χ2n) is 2.61. The van der Waals surface area contributed by atoms with E-state index in [4.69, 9.17) is 9.79 Å². The fourth-order valence-corrected chi connectivity index (χ4v) is 5.69. The normalized spacial score (nSPS) is 17.8. The van der Waals surface area contributed by atoms with Crippen LogP contribution in [-0.2, 0) is 40.1 Å². The van der Waals surface area contributed by atoms with E-state index in [9.17, 15) is 47.3 Å². The van der Waals surface area contributed by atoms with Crippen LogP contribution >= 0.6 is 39.1 Å². The summed E-state index contributed by atoms with van der Waals surface area (Å²) in [5.41, 5.74) is 0. The van der Waals surface area contributed by atoms with Crippen LogP contribution in [-0.4, -0.2) is 9.79 Å². The van der Waals surface area contributed by atoms with Crippen molar-refractivity contribution in [2.45, 2.75) is 0 Å². The molecule has 26 heteroatoms. The molecule has 0 rings (SSSR count). The zero-order valence-electron chi connectivity index (χ0n) is 13.8. The molecular formula is H2K5O16P5. The van der Waals surface area contributed by atoms with E-state index in [-0.39, 0.29) is 257 Å². The molecule has 3 atom stereocenters. The van der Waals surface area contributed by atoms with Gasteiger partial charge in [0.1, 0.15) is 0 Å². The summed E-state index contributed by atoms with van der Waals surface area (Å²) >= 11 is 0. The zero-order chi connectivity index (χ0) is 17.3. The van der Waals surface area contributed by atoms with Gasteiger partial charge in [-0.3, -0.25) is 18.0 Å². The second-order valence-corrected chi connectivity index (χ2v) is 9.78. The molecule has 3 unspecified atom stereocenters. The van der Waals surface area contributed by atoms with Crippen molar-refractivity contribution < 1.29 is 331 Å². The Kier molecular flexibility index (Phi) is 36.8. The van der Waals surface area contributed by atoms with Gasteiger partial charge in [-0.05, 0) is 0 Å². The Hall–Kier alpha value is 8.89. The van der Waals surface area contributed by atoms with Crippen molar-refractivity contribution in [1.82, 2.24) is 0 Å². The van der Waals surface area contributed by atoms with Crippen molar-refractivity contribution in [3.05, 3.63) is 0 Å². The monoisotopic (exact) mass is 608 g/mol. The Balaban J connectivity index is -0.000000200. The van der Waals surface area contributed by atoms with E-state index in [1.54, 1.807) is 0 Å². The molecule has 0 aliphatic rings. The van der Waals surface area contributed by atoms with Gasteiger partial charge >= 0.3 is 265 Å². The first kappa shape index (κ1) is 48.0. The summed E-state index contributed by atoms with van der Waals surface area (Å²) in [6.45, 7) is 0. The summed E-state index contributed by atoms with van der Waals surface area (Å²) in [6.07, 6.45) is 0. The SMILES string of the molecule is O=P([O-])([O-])OP(=O)([O-])OP(=O)([O-])OP(=O)([O-])OP(=O)(O)O.[K+].[K+].[K+].[K+].[K+]. The van der Waals surface area contributed by atoms with Crippen molar-refractivity contribution in [1.29, 1.82) is 0 Å². The maximum atomic E-state index is 10.8. The van der Waals surface area contributed by atoms with Crippen LogP contribution in [0.5, 0.6) is 0 Å². The largest absolute Gasteiger partial charge is 1.00 e. The van der Waals surface area contributed by atoms with Crippen LogP contribution in [0.4, 0.5) is 0 Å².